The first kappa shape index (κ1) is 13.1. The van der Waals surface area contributed by atoms with Crippen molar-refractivity contribution >= 4 is 28.3 Å². The van der Waals surface area contributed by atoms with Gasteiger partial charge in [-0.3, -0.25) is 0 Å². The number of para-hydroxylation sites is 1. The summed E-state index contributed by atoms with van der Waals surface area (Å²) < 4.78 is 5.09. The number of alkyl halides is 1. The minimum atomic E-state index is 0.463. The van der Waals surface area contributed by atoms with Crippen LogP contribution < -0.4 is 4.90 Å². The number of hydrogen-bond acceptors (Lipinski definition) is 3. The first-order chi connectivity index (χ1) is 8.76. The van der Waals surface area contributed by atoms with Crippen LogP contribution >= 0.6 is 11.6 Å². The zero-order valence-electron chi connectivity index (χ0n) is 10.7. The van der Waals surface area contributed by atoms with E-state index in [2.05, 4.69) is 22.0 Å². The van der Waals surface area contributed by atoms with Crippen molar-refractivity contribution in [2.75, 3.05) is 32.2 Å². The lowest BCUT2D eigenvalue weighted by Crippen LogP contribution is -2.24. The summed E-state index contributed by atoms with van der Waals surface area (Å²) in [6.45, 7) is 1.47. The fraction of sp³-hybridized carbons (Fsp3) is 0.357. The molecule has 0 unspecified atom stereocenters. The van der Waals surface area contributed by atoms with E-state index >= 15 is 0 Å². The lowest BCUT2D eigenvalue weighted by molar-refractivity contribution is 0.206. The summed E-state index contributed by atoms with van der Waals surface area (Å²) in [7, 11) is 3.70. The fourth-order valence-corrected chi connectivity index (χ4v) is 2.11. The lowest BCUT2D eigenvalue weighted by Gasteiger charge is -2.20. The van der Waals surface area contributed by atoms with Gasteiger partial charge in [-0.25, -0.2) is 4.98 Å². The predicted octanol–water partition coefficient (Wildman–Crippen LogP) is 3.06. The van der Waals surface area contributed by atoms with Crippen LogP contribution in [0.5, 0.6) is 0 Å². The second kappa shape index (κ2) is 6.03. The van der Waals surface area contributed by atoms with Gasteiger partial charge in [0.25, 0.3) is 0 Å². The molecule has 0 atom stereocenters. The molecule has 0 fully saturated rings. The van der Waals surface area contributed by atoms with Crippen LogP contribution in [0.25, 0.3) is 10.9 Å². The van der Waals surface area contributed by atoms with Crippen LogP contribution in [0.15, 0.2) is 30.3 Å². The molecule has 0 aliphatic carbocycles. The number of methoxy groups -OCH3 is 1. The first-order valence-corrected chi connectivity index (χ1v) is 6.44. The summed E-state index contributed by atoms with van der Waals surface area (Å²) in [5, 5.41) is 1.12. The molecule has 1 aromatic carbocycles. The zero-order valence-corrected chi connectivity index (χ0v) is 11.4. The largest absolute Gasteiger partial charge is 0.383 e. The van der Waals surface area contributed by atoms with Crippen molar-refractivity contribution in [2.24, 2.45) is 0 Å². The van der Waals surface area contributed by atoms with Gasteiger partial charge >= 0.3 is 0 Å². The number of hydrogen-bond donors (Lipinski definition) is 0. The normalized spacial score (nSPS) is 10.8. The lowest BCUT2D eigenvalue weighted by atomic mass is 10.1. The number of rotatable bonds is 5. The monoisotopic (exact) mass is 264 g/mol. The highest BCUT2D eigenvalue weighted by Gasteiger charge is 2.10. The second-order valence-electron chi connectivity index (χ2n) is 4.21. The maximum atomic E-state index is 6.01. The number of nitrogens with zero attached hydrogens (tertiary/aromatic N) is 2. The highest BCUT2D eigenvalue weighted by atomic mass is 35.5. The Hall–Kier alpha value is -1.32. The molecule has 0 aliphatic heterocycles. The molecule has 3 nitrogen and oxygen atoms in total. The number of benzene rings is 1. The minimum absolute atomic E-state index is 0.463. The fourth-order valence-electron chi connectivity index (χ4n) is 1.91. The molecule has 0 N–H and O–H groups in total. The van der Waals surface area contributed by atoms with Crippen molar-refractivity contribution < 1.29 is 4.74 Å². The van der Waals surface area contributed by atoms with E-state index in [1.54, 1.807) is 7.11 Å². The molecular formula is C14H17ClN2O. The molecule has 18 heavy (non-hydrogen) atoms. The van der Waals surface area contributed by atoms with Gasteiger partial charge < -0.3 is 9.64 Å². The molecule has 4 heteroatoms. The minimum Gasteiger partial charge on any atom is -0.383 e. The van der Waals surface area contributed by atoms with E-state index in [-0.39, 0.29) is 0 Å². The third-order valence-corrected chi connectivity index (χ3v) is 3.20. The Kier molecular flexibility index (Phi) is 4.39. The van der Waals surface area contributed by atoms with Crippen molar-refractivity contribution in [3.63, 3.8) is 0 Å². The molecule has 0 aliphatic rings. The average Bonchev–Trinajstić information content (AvgIpc) is 2.43. The Labute approximate surface area is 112 Å². The van der Waals surface area contributed by atoms with Gasteiger partial charge in [0.05, 0.1) is 18.0 Å². The molecule has 1 aromatic heterocycles. The molecule has 0 saturated heterocycles. The Morgan fingerprint density at radius 2 is 2.11 bits per heavy atom. The van der Waals surface area contributed by atoms with Crippen LogP contribution in [0.1, 0.15) is 5.56 Å². The van der Waals surface area contributed by atoms with Crippen molar-refractivity contribution in [1.82, 2.24) is 4.98 Å². The van der Waals surface area contributed by atoms with Crippen LogP contribution in [0.4, 0.5) is 5.82 Å². The predicted molar refractivity (Wildman–Crippen MR) is 76.4 cm³/mol. The molecule has 96 valence electrons. The van der Waals surface area contributed by atoms with Crippen molar-refractivity contribution in [3.05, 3.63) is 35.9 Å². The van der Waals surface area contributed by atoms with Gasteiger partial charge in [-0.1, -0.05) is 18.2 Å². The second-order valence-corrected chi connectivity index (χ2v) is 4.48. The quantitative estimate of drug-likeness (QED) is 0.776. The number of pyridine rings is 1. The van der Waals surface area contributed by atoms with Crippen molar-refractivity contribution in [2.45, 2.75) is 5.88 Å². The number of aromatic nitrogens is 1. The molecule has 1 heterocycles. The standard InChI is InChI=1S/C14H17ClN2O/c1-17(7-8-18-2)14-12(10-15)9-11-5-3-4-6-13(11)16-14/h3-6,9H,7-8,10H2,1-2H3. The summed E-state index contributed by atoms with van der Waals surface area (Å²) in [6.07, 6.45) is 0. The molecule has 0 saturated carbocycles. The number of likely N-dealkylation sites (N-methyl/N-ethyl adjacent to an activating group) is 1. The number of anilines is 1. The SMILES string of the molecule is COCCN(C)c1nc2ccccc2cc1CCl. The van der Waals surface area contributed by atoms with Crippen LogP contribution in [-0.4, -0.2) is 32.3 Å². The van der Waals surface area contributed by atoms with E-state index in [1.807, 2.05) is 25.2 Å². The van der Waals surface area contributed by atoms with Crippen LogP contribution in [0.3, 0.4) is 0 Å². The van der Waals surface area contributed by atoms with Gasteiger partial charge in [0.2, 0.25) is 0 Å². The Bertz CT molecular complexity index is 530. The highest BCUT2D eigenvalue weighted by Crippen LogP contribution is 2.24. The molecule has 0 bridgehead atoms. The molecular weight excluding hydrogens is 248 g/mol. The smallest absolute Gasteiger partial charge is 0.133 e. The average molecular weight is 265 g/mol. The maximum Gasteiger partial charge on any atom is 0.133 e. The third-order valence-electron chi connectivity index (χ3n) is 2.92. The van der Waals surface area contributed by atoms with E-state index < -0.39 is 0 Å². The summed E-state index contributed by atoms with van der Waals surface area (Å²) in [4.78, 5) is 6.76. The molecule has 0 amide bonds. The van der Waals surface area contributed by atoms with Crippen LogP contribution in [0, 0.1) is 0 Å². The molecule has 2 aromatic rings. The first-order valence-electron chi connectivity index (χ1n) is 5.91. The topological polar surface area (TPSA) is 25.4 Å². The Morgan fingerprint density at radius 1 is 1.33 bits per heavy atom. The number of halogens is 1. The van der Waals surface area contributed by atoms with Crippen LogP contribution in [0.2, 0.25) is 0 Å². The van der Waals surface area contributed by atoms with Crippen molar-refractivity contribution in [1.29, 1.82) is 0 Å². The highest BCUT2D eigenvalue weighted by molar-refractivity contribution is 6.17. The van der Waals surface area contributed by atoms with Gasteiger partial charge in [0, 0.05) is 31.7 Å². The van der Waals surface area contributed by atoms with Gasteiger partial charge in [0.1, 0.15) is 5.82 Å². The van der Waals surface area contributed by atoms with Gasteiger partial charge in [-0.05, 0) is 12.1 Å². The summed E-state index contributed by atoms with van der Waals surface area (Å²) in [5.41, 5.74) is 2.04. The van der Waals surface area contributed by atoms with E-state index in [4.69, 9.17) is 16.3 Å². The molecule has 0 radical (unpaired) electrons. The van der Waals surface area contributed by atoms with E-state index in [9.17, 15) is 0 Å². The Morgan fingerprint density at radius 3 is 2.83 bits per heavy atom. The zero-order chi connectivity index (χ0) is 13.0. The molecule has 2 rings (SSSR count). The summed E-state index contributed by atoms with van der Waals surface area (Å²) in [5.74, 6) is 1.39. The number of ether oxygens (including phenoxy) is 1. The number of fused-ring (bicyclic) bond motifs is 1. The van der Waals surface area contributed by atoms with E-state index in [0.29, 0.717) is 12.5 Å². The van der Waals surface area contributed by atoms with E-state index in [1.165, 1.54) is 0 Å². The molecule has 0 spiro atoms. The van der Waals surface area contributed by atoms with E-state index in [0.717, 1.165) is 28.8 Å². The van der Waals surface area contributed by atoms with Crippen molar-refractivity contribution in [3.8, 4) is 0 Å². The van der Waals surface area contributed by atoms with Gasteiger partial charge in [0.15, 0.2) is 0 Å². The van der Waals surface area contributed by atoms with Gasteiger partial charge in [-0.2, -0.15) is 0 Å². The van der Waals surface area contributed by atoms with Crippen LogP contribution in [-0.2, 0) is 10.6 Å². The summed E-state index contributed by atoms with van der Waals surface area (Å²) >= 11 is 6.01. The van der Waals surface area contributed by atoms with Gasteiger partial charge in [-0.15, -0.1) is 11.6 Å². The maximum absolute atomic E-state index is 6.01. The third kappa shape index (κ3) is 2.74. The Balaban J connectivity index is 2.41. The summed E-state index contributed by atoms with van der Waals surface area (Å²) in [6, 6.07) is 10.2.